The molecule has 0 aliphatic heterocycles. The normalized spacial score (nSPS) is 11.1. The zero-order valence-corrected chi connectivity index (χ0v) is 8.24. The summed E-state index contributed by atoms with van der Waals surface area (Å²) in [5.74, 6) is -1.67. The molecule has 2 aromatic carbocycles. The van der Waals surface area contributed by atoms with Gasteiger partial charge in [0.2, 0.25) is 0 Å². The van der Waals surface area contributed by atoms with Crippen LogP contribution in [0.5, 0.6) is 0 Å². The van der Waals surface area contributed by atoms with Crippen molar-refractivity contribution < 1.29 is 8.78 Å². The van der Waals surface area contributed by atoms with Gasteiger partial charge in [0.1, 0.15) is 0 Å². The molecule has 0 atom stereocenters. The lowest BCUT2D eigenvalue weighted by molar-refractivity contribution is 0.517. The van der Waals surface area contributed by atoms with Gasteiger partial charge < -0.3 is 0 Å². The van der Waals surface area contributed by atoms with Crippen molar-refractivity contribution in [2.24, 2.45) is 0 Å². The predicted octanol–water partition coefficient (Wildman–Crippen LogP) is 3.67. The highest BCUT2D eigenvalue weighted by Gasteiger charge is 2.10. The van der Waals surface area contributed by atoms with E-state index in [1.165, 1.54) is 6.07 Å². The largest absolute Gasteiger partial charge is 0.255 e. The van der Waals surface area contributed by atoms with E-state index in [4.69, 9.17) is 0 Å². The van der Waals surface area contributed by atoms with Crippen molar-refractivity contribution in [3.05, 3.63) is 54.2 Å². The number of hydrogen-bond donors (Lipinski definition) is 0. The van der Waals surface area contributed by atoms with Gasteiger partial charge in [-0.2, -0.15) is 0 Å². The van der Waals surface area contributed by atoms with Crippen LogP contribution in [-0.2, 0) is 0 Å². The van der Waals surface area contributed by atoms with Gasteiger partial charge >= 0.3 is 0 Å². The lowest BCUT2D eigenvalue weighted by Crippen LogP contribution is -1.89. The van der Waals surface area contributed by atoms with E-state index in [9.17, 15) is 8.78 Å². The Morgan fingerprint density at radius 3 is 2.62 bits per heavy atom. The van der Waals surface area contributed by atoms with Crippen molar-refractivity contribution in [3.8, 4) is 0 Å². The lowest BCUT2D eigenvalue weighted by Gasteiger charge is -2.04. The standard InChI is InChI=1S/C13H7F2N/c14-10-5-6-11-12(13(10)15)9-4-2-1-3-8(9)7-16-11/h1-7H. The van der Waals surface area contributed by atoms with E-state index in [1.54, 1.807) is 18.3 Å². The van der Waals surface area contributed by atoms with Gasteiger partial charge in [-0.1, -0.05) is 24.3 Å². The van der Waals surface area contributed by atoms with Gasteiger partial charge in [-0.05, 0) is 17.5 Å². The number of halogens is 2. The second-order valence-electron chi connectivity index (χ2n) is 3.60. The van der Waals surface area contributed by atoms with Gasteiger partial charge in [0, 0.05) is 17.0 Å². The number of aromatic nitrogens is 1. The van der Waals surface area contributed by atoms with E-state index in [0.717, 1.165) is 11.5 Å². The first-order valence-electron chi connectivity index (χ1n) is 4.89. The SMILES string of the molecule is Fc1ccc2ncc3ccccc3c2c1F. The third kappa shape index (κ3) is 1.18. The second-order valence-corrected chi connectivity index (χ2v) is 3.60. The molecule has 78 valence electrons. The number of benzene rings is 2. The van der Waals surface area contributed by atoms with E-state index in [2.05, 4.69) is 4.98 Å². The number of rotatable bonds is 0. The Morgan fingerprint density at radius 1 is 0.938 bits per heavy atom. The molecular weight excluding hydrogens is 208 g/mol. The first-order valence-corrected chi connectivity index (χ1v) is 4.89. The molecule has 0 fully saturated rings. The third-order valence-corrected chi connectivity index (χ3v) is 2.65. The second kappa shape index (κ2) is 3.23. The van der Waals surface area contributed by atoms with Crippen LogP contribution >= 0.6 is 0 Å². The molecule has 0 radical (unpaired) electrons. The van der Waals surface area contributed by atoms with Crippen molar-refractivity contribution >= 4 is 21.7 Å². The maximum atomic E-state index is 13.7. The van der Waals surface area contributed by atoms with Crippen LogP contribution in [0.15, 0.2) is 42.6 Å². The Balaban J connectivity index is 2.63. The summed E-state index contributed by atoms with van der Waals surface area (Å²) in [6, 6.07) is 9.81. The minimum absolute atomic E-state index is 0.248. The maximum absolute atomic E-state index is 13.7. The maximum Gasteiger partial charge on any atom is 0.168 e. The molecule has 1 heterocycles. The molecule has 3 rings (SSSR count). The van der Waals surface area contributed by atoms with Crippen LogP contribution in [0.1, 0.15) is 0 Å². The minimum Gasteiger partial charge on any atom is -0.255 e. The van der Waals surface area contributed by atoms with Crippen LogP contribution in [0.25, 0.3) is 21.7 Å². The summed E-state index contributed by atoms with van der Waals surface area (Å²) in [6.07, 6.45) is 1.66. The molecule has 0 N–H and O–H groups in total. The monoisotopic (exact) mass is 215 g/mol. The highest BCUT2D eigenvalue weighted by molar-refractivity contribution is 6.05. The molecule has 1 aromatic heterocycles. The summed E-state index contributed by atoms with van der Waals surface area (Å²) in [7, 11) is 0. The molecule has 0 unspecified atom stereocenters. The molecular formula is C13H7F2N. The van der Waals surface area contributed by atoms with Crippen LogP contribution in [0, 0.1) is 11.6 Å². The first-order chi connectivity index (χ1) is 7.77. The molecule has 1 nitrogen and oxygen atoms in total. The molecule has 0 amide bonds. The van der Waals surface area contributed by atoms with E-state index in [-0.39, 0.29) is 5.39 Å². The van der Waals surface area contributed by atoms with Crippen LogP contribution in [0.2, 0.25) is 0 Å². The van der Waals surface area contributed by atoms with Gasteiger partial charge in [-0.25, -0.2) is 8.78 Å². The van der Waals surface area contributed by atoms with Crippen molar-refractivity contribution in [1.29, 1.82) is 0 Å². The third-order valence-electron chi connectivity index (χ3n) is 2.65. The first kappa shape index (κ1) is 9.21. The van der Waals surface area contributed by atoms with E-state index in [1.807, 2.05) is 12.1 Å². The predicted molar refractivity (Wildman–Crippen MR) is 59.2 cm³/mol. The summed E-state index contributed by atoms with van der Waals surface area (Å²) >= 11 is 0. The number of hydrogen-bond acceptors (Lipinski definition) is 1. The van der Waals surface area contributed by atoms with Gasteiger partial charge in [0.25, 0.3) is 0 Å². The summed E-state index contributed by atoms with van der Waals surface area (Å²) in [5.41, 5.74) is 0.470. The van der Waals surface area contributed by atoms with Gasteiger partial charge in [0.15, 0.2) is 11.6 Å². The smallest absolute Gasteiger partial charge is 0.168 e. The summed E-state index contributed by atoms with van der Waals surface area (Å²) in [4.78, 5) is 4.10. The van der Waals surface area contributed by atoms with Crippen LogP contribution in [0.3, 0.4) is 0 Å². The van der Waals surface area contributed by atoms with Gasteiger partial charge in [-0.15, -0.1) is 0 Å². The lowest BCUT2D eigenvalue weighted by atomic mass is 10.1. The number of nitrogens with zero attached hydrogens (tertiary/aromatic N) is 1. The van der Waals surface area contributed by atoms with E-state index >= 15 is 0 Å². The molecule has 0 saturated heterocycles. The molecule has 0 aliphatic rings. The summed E-state index contributed by atoms with van der Waals surface area (Å²) < 4.78 is 26.9. The van der Waals surface area contributed by atoms with Crippen LogP contribution in [-0.4, -0.2) is 4.98 Å². The van der Waals surface area contributed by atoms with Crippen LogP contribution < -0.4 is 0 Å². The topological polar surface area (TPSA) is 12.9 Å². The average Bonchev–Trinajstić information content (AvgIpc) is 2.33. The van der Waals surface area contributed by atoms with Crippen molar-refractivity contribution in [2.75, 3.05) is 0 Å². The molecule has 3 aromatic rings. The van der Waals surface area contributed by atoms with E-state index in [0.29, 0.717) is 10.9 Å². The Morgan fingerprint density at radius 2 is 1.75 bits per heavy atom. The summed E-state index contributed by atoms with van der Waals surface area (Å²) in [5, 5.41) is 1.74. The van der Waals surface area contributed by atoms with E-state index < -0.39 is 11.6 Å². The Hall–Kier alpha value is -2.03. The van der Waals surface area contributed by atoms with Crippen molar-refractivity contribution in [3.63, 3.8) is 0 Å². The fourth-order valence-corrected chi connectivity index (χ4v) is 1.88. The quantitative estimate of drug-likeness (QED) is 0.521. The molecule has 0 saturated carbocycles. The fraction of sp³-hybridized carbons (Fsp3) is 0. The Bertz CT molecular complexity index is 692. The Labute approximate surface area is 90.3 Å². The molecule has 0 aliphatic carbocycles. The van der Waals surface area contributed by atoms with Crippen LogP contribution in [0.4, 0.5) is 8.78 Å². The van der Waals surface area contributed by atoms with Crippen molar-refractivity contribution in [1.82, 2.24) is 4.98 Å². The highest BCUT2D eigenvalue weighted by Crippen LogP contribution is 2.26. The molecule has 0 bridgehead atoms. The zero-order chi connectivity index (χ0) is 11.1. The van der Waals surface area contributed by atoms with Gasteiger partial charge in [-0.3, -0.25) is 4.98 Å². The van der Waals surface area contributed by atoms with Crippen molar-refractivity contribution in [2.45, 2.75) is 0 Å². The number of pyridine rings is 1. The zero-order valence-electron chi connectivity index (χ0n) is 8.24. The highest BCUT2D eigenvalue weighted by atomic mass is 19.2. The van der Waals surface area contributed by atoms with Gasteiger partial charge in [0.05, 0.1) is 5.52 Å². The number of fused-ring (bicyclic) bond motifs is 3. The fourth-order valence-electron chi connectivity index (χ4n) is 1.88. The molecule has 16 heavy (non-hydrogen) atoms. The average molecular weight is 215 g/mol. The summed E-state index contributed by atoms with van der Waals surface area (Å²) in [6.45, 7) is 0. The minimum atomic E-state index is -0.842. The molecule has 3 heteroatoms. The Kier molecular flexibility index (Phi) is 1.86. The molecule has 0 spiro atoms.